The van der Waals surface area contributed by atoms with E-state index in [2.05, 4.69) is 51.8 Å². The van der Waals surface area contributed by atoms with Crippen LogP contribution >= 0.6 is 0 Å². The van der Waals surface area contributed by atoms with Gasteiger partial charge in [0.05, 0.1) is 6.54 Å². The summed E-state index contributed by atoms with van der Waals surface area (Å²) in [6, 6.07) is 4.81. The van der Waals surface area contributed by atoms with E-state index in [1.807, 2.05) is 0 Å². The number of ketones is 1. The van der Waals surface area contributed by atoms with Crippen LogP contribution in [0.5, 0.6) is 0 Å². The molecule has 0 heterocycles. The molecule has 0 bridgehead atoms. The van der Waals surface area contributed by atoms with Gasteiger partial charge in [0.15, 0.2) is 5.78 Å². The third kappa shape index (κ3) is 3.94. The third-order valence-corrected chi connectivity index (χ3v) is 4.96. The number of likely N-dealkylation sites (N-methyl/N-ethyl adjacent to an activating group) is 1. The normalized spacial score (nSPS) is 22.6. The van der Waals surface area contributed by atoms with Crippen LogP contribution in [0.1, 0.15) is 59.7 Å². The molecule has 0 spiro atoms. The molecule has 0 aromatic heterocycles. The number of nitrogens with zero attached hydrogens (tertiary/aromatic N) is 1. The number of hydrogen-bond acceptors (Lipinski definition) is 2. The van der Waals surface area contributed by atoms with Crippen LogP contribution in [0.15, 0.2) is 12.1 Å². The van der Waals surface area contributed by atoms with Crippen LogP contribution in [-0.2, 0) is 0 Å². The maximum absolute atomic E-state index is 12.7. The molecule has 2 rings (SSSR count). The summed E-state index contributed by atoms with van der Waals surface area (Å²) in [4.78, 5) is 14.9. The van der Waals surface area contributed by atoms with Gasteiger partial charge in [-0.1, -0.05) is 24.6 Å². The molecule has 1 aromatic carbocycles. The highest BCUT2D eigenvalue weighted by atomic mass is 16.1. The molecule has 0 radical (unpaired) electrons. The maximum atomic E-state index is 12.7. The van der Waals surface area contributed by atoms with Crippen LogP contribution in [0.2, 0.25) is 0 Å². The molecule has 0 amide bonds. The first-order valence-corrected chi connectivity index (χ1v) is 8.19. The van der Waals surface area contributed by atoms with Crippen LogP contribution < -0.4 is 0 Å². The predicted octanol–water partition coefficient (Wildman–Crippen LogP) is 4.31. The van der Waals surface area contributed by atoms with Crippen LogP contribution in [0, 0.1) is 26.7 Å². The Bertz CT molecular complexity index is 489. The van der Waals surface area contributed by atoms with Crippen molar-refractivity contribution in [3.05, 3.63) is 34.4 Å². The number of carbonyl (C=O) groups is 1. The van der Waals surface area contributed by atoms with Gasteiger partial charge in [-0.15, -0.1) is 0 Å². The van der Waals surface area contributed by atoms with Gasteiger partial charge in [0.25, 0.3) is 0 Å². The smallest absolute Gasteiger partial charge is 0.177 e. The summed E-state index contributed by atoms with van der Waals surface area (Å²) < 4.78 is 0. The SMILES string of the molecule is Cc1cc(C)c(C(=O)CN(C)C2CCC(C)CC2)c(C)c1. The van der Waals surface area contributed by atoms with Crippen molar-refractivity contribution in [2.45, 2.75) is 59.4 Å². The van der Waals surface area contributed by atoms with Gasteiger partial charge in [0, 0.05) is 11.6 Å². The van der Waals surface area contributed by atoms with E-state index < -0.39 is 0 Å². The second-order valence-electron chi connectivity index (χ2n) is 7.03. The fourth-order valence-electron chi connectivity index (χ4n) is 3.74. The van der Waals surface area contributed by atoms with E-state index in [4.69, 9.17) is 0 Å². The molecular formula is C19H29NO. The number of benzene rings is 1. The zero-order chi connectivity index (χ0) is 15.6. The molecule has 2 heteroatoms. The van der Waals surface area contributed by atoms with Gasteiger partial charge in [0.2, 0.25) is 0 Å². The van der Waals surface area contributed by atoms with Crippen molar-refractivity contribution in [1.82, 2.24) is 4.90 Å². The minimum atomic E-state index is 0.270. The Morgan fingerprint density at radius 2 is 1.62 bits per heavy atom. The number of Topliss-reactive ketones (excluding diaryl/α,β-unsaturated/α-hetero) is 1. The fourth-order valence-corrected chi connectivity index (χ4v) is 3.74. The summed E-state index contributed by atoms with van der Waals surface area (Å²) >= 11 is 0. The molecule has 21 heavy (non-hydrogen) atoms. The predicted molar refractivity (Wildman–Crippen MR) is 89.0 cm³/mol. The van der Waals surface area contributed by atoms with E-state index in [1.54, 1.807) is 0 Å². The molecule has 2 nitrogen and oxygen atoms in total. The van der Waals surface area contributed by atoms with E-state index in [1.165, 1.54) is 31.2 Å². The molecule has 116 valence electrons. The lowest BCUT2D eigenvalue weighted by Gasteiger charge is -2.33. The lowest BCUT2D eigenvalue weighted by Crippen LogP contribution is -2.38. The number of rotatable bonds is 4. The van der Waals surface area contributed by atoms with E-state index in [-0.39, 0.29) is 5.78 Å². The van der Waals surface area contributed by atoms with Crippen LogP contribution in [0.3, 0.4) is 0 Å². The van der Waals surface area contributed by atoms with Gasteiger partial charge < -0.3 is 0 Å². The molecule has 1 aliphatic carbocycles. The largest absolute Gasteiger partial charge is 0.296 e. The van der Waals surface area contributed by atoms with Gasteiger partial charge >= 0.3 is 0 Å². The van der Waals surface area contributed by atoms with Crippen LogP contribution in [0.25, 0.3) is 0 Å². The monoisotopic (exact) mass is 287 g/mol. The van der Waals surface area contributed by atoms with Gasteiger partial charge in [-0.25, -0.2) is 0 Å². The van der Waals surface area contributed by atoms with Crippen molar-refractivity contribution in [3.63, 3.8) is 0 Å². The number of aryl methyl sites for hydroxylation is 3. The van der Waals surface area contributed by atoms with Gasteiger partial charge in [-0.05, 0) is 70.5 Å². The second-order valence-corrected chi connectivity index (χ2v) is 7.03. The Labute approximate surface area is 129 Å². The van der Waals surface area contributed by atoms with Crippen molar-refractivity contribution in [3.8, 4) is 0 Å². The van der Waals surface area contributed by atoms with Crippen molar-refractivity contribution >= 4 is 5.78 Å². The van der Waals surface area contributed by atoms with Crippen LogP contribution in [-0.4, -0.2) is 30.3 Å². The molecule has 0 saturated heterocycles. The first kappa shape index (κ1) is 16.2. The zero-order valence-corrected chi connectivity index (χ0v) is 14.2. The topological polar surface area (TPSA) is 20.3 Å². The van der Waals surface area contributed by atoms with Gasteiger partial charge in [-0.2, -0.15) is 0 Å². The van der Waals surface area contributed by atoms with Gasteiger partial charge in [-0.3, -0.25) is 9.69 Å². The minimum Gasteiger partial charge on any atom is -0.296 e. The molecule has 1 saturated carbocycles. The van der Waals surface area contributed by atoms with Gasteiger partial charge in [0.1, 0.15) is 0 Å². The molecular weight excluding hydrogens is 258 g/mol. The first-order valence-electron chi connectivity index (χ1n) is 8.19. The van der Waals surface area contributed by atoms with Crippen molar-refractivity contribution in [2.24, 2.45) is 5.92 Å². The Morgan fingerprint density at radius 3 is 2.14 bits per heavy atom. The number of hydrogen-bond donors (Lipinski definition) is 0. The van der Waals surface area contributed by atoms with E-state index in [0.717, 1.165) is 22.6 Å². The number of carbonyl (C=O) groups excluding carboxylic acids is 1. The molecule has 1 aliphatic rings. The molecule has 0 atom stereocenters. The summed E-state index contributed by atoms with van der Waals surface area (Å²) in [5.41, 5.74) is 4.39. The minimum absolute atomic E-state index is 0.270. The molecule has 0 N–H and O–H groups in total. The fraction of sp³-hybridized carbons (Fsp3) is 0.632. The van der Waals surface area contributed by atoms with Crippen molar-refractivity contribution in [2.75, 3.05) is 13.6 Å². The highest BCUT2D eigenvalue weighted by Gasteiger charge is 2.24. The molecule has 1 fully saturated rings. The van der Waals surface area contributed by atoms with Crippen molar-refractivity contribution in [1.29, 1.82) is 0 Å². The zero-order valence-electron chi connectivity index (χ0n) is 14.2. The summed E-state index contributed by atoms with van der Waals surface area (Å²) in [6.07, 6.45) is 5.06. The molecule has 0 unspecified atom stereocenters. The standard InChI is InChI=1S/C19H29NO/c1-13-6-8-17(9-7-13)20(5)12-18(21)19-15(3)10-14(2)11-16(19)4/h10-11,13,17H,6-9,12H2,1-5H3. The Balaban J connectivity index is 2.04. The molecule has 1 aromatic rings. The lowest BCUT2D eigenvalue weighted by molar-refractivity contribution is 0.0887. The lowest BCUT2D eigenvalue weighted by atomic mass is 9.86. The summed E-state index contributed by atoms with van der Waals surface area (Å²) in [7, 11) is 2.11. The highest BCUT2D eigenvalue weighted by molar-refractivity contribution is 6.00. The second kappa shape index (κ2) is 6.74. The third-order valence-electron chi connectivity index (χ3n) is 4.96. The van der Waals surface area contributed by atoms with E-state index in [0.29, 0.717) is 12.6 Å². The average molecular weight is 287 g/mol. The summed E-state index contributed by atoms with van der Waals surface area (Å²) in [6.45, 7) is 9.07. The quantitative estimate of drug-likeness (QED) is 0.769. The Kier molecular flexibility index (Phi) is 5.21. The Hall–Kier alpha value is -1.15. The average Bonchev–Trinajstić information content (AvgIpc) is 2.37. The van der Waals surface area contributed by atoms with Crippen molar-refractivity contribution < 1.29 is 4.79 Å². The summed E-state index contributed by atoms with van der Waals surface area (Å²) in [5, 5.41) is 0. The first-order chi connectivity index (χ1) is 9.88. The Morgan fingerprint density at radius 1 is 1.10 bits per heavy atom. The summed E-state index contributed by atoms with van der Waals surface area (Å²) in [5.74, 6) is 1.12. The van der Waals surface area contributed by atoms with Crippen LogP contribution in [0.4, 0.5) is 0 Å². The highest BCUT2D eigenvalue weighted by Crippen LogP contribution is 2.27. The van der Waals surface area contributed by atoms with E-state index >= 15 is 0 Å². The van der Waals surface area contributed by atoms with E-state index in [9.17, 15) is 4.79 Å². The molecule has 0 aliphatic heterocycles. The maximum Gasteiger partial charge on any atom is 0.177 e.